The lowest BCUT2D eigenvalue weighted by Crippen LogP contribution is -2.41. The largest absolute Gasteiger partial charge is 0.327 e. The van der Waals surface area contributed by atoms with Crippen molar-refractivity contribution in [3.63, 3.8) is 0 Å². The van der Waals surface area contributed by atoms with Gasteiger partial charge >= 0.3 is 0 Å². The Labute approximate surface area is 179 Å². The average Bonchev–Trinajstić information content (AvgIpc) is 3.25. The van der Waals surface area contributed by atoms with Crippen LogP contribution in [0, 0.1) is 5.82 Å². The second-order valence-corrected chi connectivity index (χ2v) is 7.49. The summed E-state index contributed by atoms with van der Waals surface area (Å²) in [4.78, 5) is 19.5. The van der Waals surface area contributed by atoms with Crippen molar-refractivity contribution in [2.24, 2.45) is 0 Å². The molecule has 2 aromatic heterocycles. The molecule has 1 aliphatic heterocycles. The lowest BCUT2D eigenvalue weighted by molar-refractivity contribution is 0.0638. The van der Waals surface area contributed by atoms with Crippen LogP contribution in [0.25, 0.3) is 22.8 Å². The Morgan fingerprint density at radius 3 is 2.42 bits per heavy atom. The number of amides is 1. The molecule has 1 aliphatic rings. The van der Waals surface area contributed by atoms with E-state index in [4.69, 9.17) is 4.98 Å². The van der Waals surface area contributed by atoms with Crippen molar-refractivity contribution in [1.82, 2.24) is 24.6 Å². The van der Waals surface area contributed by atoms with E-state index in [2.05, 4.69) is 10.2 Å². The summed E-state index contributed by atoms with van der Waals surface area (Å²) in [5.74, 6) is 0.891. The number of rotatable bonds is 3. The minimum atomic E-state index is -0.363. The van der Waals surface area contributed by atoms with Crippen LogP contribution < -0.4 is 0 Å². The fraction of sp³-hybridized carbons (Fsp3) is 0.167. The van der Waals surface area contributed by atoms with Crippen molar-refractivity contribution in [2.45, 2.75) is 19.5 Å². The lowest BCUT2D eigenvalue weighted by Gasteiger charge is -2.33. The molecule has 4 aromatic rings. The van der Waals surface area contributed by atoms with Crippen LogP contribution in [0.5, 0.6) is 0 Å². The fourth-order valence-corrected chi connectivity index (χ4v) is 3.94. The Kier molecular flexibility index (Phi) is 4.78. The highest BCUT2D eigenvalue weighted by Crippen LogP contribution is 2.29. The Morgan fingerprint density at radius 2 is 1.65 bits per heavy atom. The maximum atomic E-state index is 13.2. The van der Waals surface area contributed by atoms with Gasteiger partial charge in [0.25, 0.3) is 5.91 Å². The maximum absolute atomic E-state index is 13.2. The molecule has 0 radical (unpaired) electrons. The predicted octanol–water partition coefficient (Wildman–Crippen LogP) is 4.36. The van der Waals surface area contributed by atoms with Crippen LogP contribution in [0.3, 0.4) is 0 Å². The lowest BCUT2D eigenvalue weighted by atomic mass is 10.1. The van der Waals surface area contributed by atoms with Crippen molar-refractivity contribution in [3.8, 4) is 22.8 Å². The van der Waals surface area contributed by atoms with Crippen LogP contribution in [0.4, 0.5) is 4.39 Å². The number of hydrogen-bond acceptors (Lipinski definition) is 4. The third kappa shape index (κ3) is 3.48. The van der Waals surface area contributed by atoms with E-state index in [0.717, 1.165) is 17.0 Å². The zero-order valence-corrected chi connectivity index (χ0v) is 16.9. The van der Waals surface area contributed by atoms with Gasteiger partial charge in [0.15, 0.2) is 11.6 Å². The molecule has 0 N–H and O–H groups in total. The quantitative estimate of drug-likeness (QED) is 0.501. The number of hydrogen-bond donors (Lipinski definition) is 0. The van der Waals surface area contributed by atoms with Crippen LogP contribution in [0.15, 0.2) is 72.8 Å². The summed E-state index contributed by atoms with van der Waals surface area (Å²) < 4.78 is 15.2. The number of fused-ring (bicyclic) bond motifs is 1. The van der Waals surface area contributed by atoms with Crippen LogP contribution in [-0.4, -0.2) is 37.1 Å². The number of carbonyl (C=O) groups excluding carboxylic acids is 1. The van der Waals surface area contributed by atoms with Gasteiger partial charge in [-0.15, -0.1) is 10.2 Å². The molecule has 0 unspecified atom stereocenters. The van der Waals surface area contributed by atoms with Crippen molar-refractivity contribution >= 4 is 5.91 Å². The molecule has 0 aliphatic carbocycles. The Bertz CT molecular complexity index is 1240. The standard InChI is InChI=1S/C24H20FN5O/c1-16-22-27-28-23(21-9-5-8-20(26-21)17-6-3-2-4-7-17)30(22)15-14-29(16)24(31)18-10-12-19(25)13-11-18/h2-13,16H,14-15H2,1H3/t16-/m1/s1. The second kappa shape index (κ2) is 7.75. The van der Waals surface area contributed by atoms with E-state index in [1.54, 1.807) is 4.90 Å². The first-order chi connectivity index (χ1) is 15.1. The minimum Gasteiger partial charge on any atom is -0.327 e. The molecule has 0 bridgehead atoms. The van der Waals surface area contributed by atoms with Gasteiger partial charge in [-0.2, -0.15) is 0 Å². The molecule has 0 spiro atoms. The van der Waals surface area contributed by atoms with E-state index >= 15 is 0 Å². The van der Waals surface area contributed by atoms with Gasteiger partial charge < -0.3 is 9.47 Å². The Balaban J connectivity index is 1.45. The summed E-state index contributed by atoms with van der Waals surface area (Å²) in [6.07, 6.45) is 0. The predicted molar refractivity (Wildman–Crippen MR) is 115 cm³/mol. The highest BCUT2D eigenvalue weighted by atomic mass is 19.1. The van der Waals surface area contributed by atoms with Gasteiger partial charge in [0.2, 0.25) is 0 Å². The van der Waals surface area contributed by atoms with Crippen molar-refractivity contribution in [1.29, 1.82) is 0 Å². The van der Waals surface area contributed by atoms with Crippen molar-refractivity contribution in [2.75, 3.05) is 6.54 Å². The molecule has 2 aromatic carbocycles. The van der Waals surface area contributed by atoms with Gasteiger partial charge in [-0.05, 0) is 43.3 Å². The van der Waals surface area contributed by atoms with Crippen molar-refractivity contribution < 1.29 is 9.18 Å². The highest BCUT2D eigenvalue weighted by molar-refractivity contribution is 5.94. The van der Waals surface area contributed by atoms with Gasteiger partial charge in [-0.3, -0.25) is 4.79 Å². The number of benzene rings is 2. The van der Waals surface area contributed by atoms with E-state index in [-0.39, 0.29) is 17.8 Å². The molecule has 154 valence electrons. The van der Waals surface area contributed by atoms with Gasteiger partial charge in [0.1, 0.15) is 11.5 Å². The molecule has 5 rings (SSSR count). The molecule has 0 saturated carbocycles. The fourth-order valence-electron chi connectivity index (χ4n) is 3.94. The smallest absolute Gasteiger partial charge is 0.254 e. The number of pyridine rings is 1. The Hall–Kier alpha value is -3.87. The SMILES string of the molecule is C[C@@H]1c2nnc(-c3cccc(-c4ccccc4)n3)n2CCN1C(=O)c1ccc(F)cc1. The van der Waals surface area contributed by atoms with Gasteiger partial charge in [0, 0.05) is 24.2 Å². The van der Waals surface area contributed by atoms with Crippen LogP contribution >= 0.6 is 0 Å². The zero-order valence-electron chi connectivity index (χ0n) is 16.9. The summed E-state index contributed by atoms with van der Waals surface area (Å²) in [6, 6.07) is 21.2. The van der Waals surface area contributed by atoms with E-state index < -0.39 is 0 Å². The molecule has 0 fully saturated rings. The number of nitrogens with zero attached hydrogens (tertiary/aromatic N) is 5. The third-order valence-corrected chi connectivity index (χ3v) is 5.58. The molecule has 3 heterocycles. The molecular formula is C24H20FN5O. The molecule has 0 saturated heterocycles. The van der Waals surface area contributed by atoms with Crippen LogP contribution in [0.1, 0.15) is 29.1 Å². The van der Waals surface area contributed by atoms with E-state index in [1.807, 2.05) is 60.0 Å². The number of aromatic nitrogens is 4. The molecular weight excluding hydrogens is 393 g/mol. The van der Waals surface area contributed by atoms with Crippen molar-refractivity contribution in [3.05, 3.63) is 90.0 Å². The average molecular weight is 413 g/mol. The summed E-state index contributed by atoms with van der Waals surface area (Å²) >= 11 is 0. The van der Waals surface area contributed by atoms with E-state index in [1.165, 1.54) is 24.3 Å². The molecule has 6 nitrogen and oxygen atoms in total. The number of halogens is 1. The molecule has 31 heavy (non-hydrogen) atoms. The topological polar surface area (TPSA) is 63.9 Å². The maximum Gasteiger partial charge on any atom is 0.254 e. The first kappa shape index (κ1) is 19.1. The summed E-state index contributed by atoms with van der Waals surface area (Å²) in [5, 5.41) is 8.77. The van der Waals surface area contributed by atoms with Crippen LogP contribution in [0.2, 0.25) is 0 Å². The highest BCUT2D eigenvalue weighted by Gasteiger charge is 2.32. The van der Waals surface area contributed by atoms with E-state index in [9.17, 15) is 9.18 Å². The van der Waals surface area contributed by atoms with Crippen LogP contribution in [-0.2, 0) is 6.54 Å². The summed E-state index contributed by atoms with van der Waals surface area (Å²) in [5.41, 5.74) is 3.10. The summed E-state index contributed by atoms with van der Waals surface area (Å²) in [6.45, 7) is 3.00. The van der Waals surface area contributed by atoms with Gasteiger partial charge in [0.05, 0.1) is 11.7 Å². The van der Waals surface area contributed by atoms with Gasteiger partial charge in [-0.1, -0.05) is 36.4 Å². The first-order valence-electron chi connectivity index (χ1n) is 10.1. The molecule has 7 heteroatoms. The Morgan fingerprint density at radius 1 is 0.903 bits per heavy atom. The number of carbonyl (C=O) groups is 1. The second-order valence-electron chi connectivity index (χ2n) is 7.49. The normalized spacial score (nSPS) is 15.5. The zero-order chi connectivity index (χ0) is 21.4. The minimum absolute atomic E-state index is 0.146. The molecule has 1 amide bonds. The first-order valence-corrected chi connectivity index (χ1v) is 10.1. The van der Waals surface area contributed by atoms with E-state index in [0.29, 0.717) is 30.3 Å². The monoisotopic (exact) mass is 413 g/mol. The third-order valence-electron chi connectivity index (χ3n) is 5.58. The molecule has 1 atom stereocenters. The summed E-state index contributed by atoms with van der Waals surface area (Å²) in [7, 11) is 0. The van der Waals surface area contributed by atoms with Gasteiger partial charge in [-0.25, -0.2) is 9.37 Å².